The predicted octanol–water partition coefficient (Wildman–Crippen LogP) is 1.20. The Labute approximate surface area is 94.4 Å². The van der Waals surface area contributed by atoms with E-state index in [9.17, 15) is 9.50 Å². The molecule has 4 heteroatoms. The number of hydrogen-bond donors (Lipinski definition) is 1. The molecule has 1 aromatic rings. The van der Waals surface area contributed by atoms with Gasteiger partial charge in [0.05, 0.1) is 12.7 Å². The molecular formula is C12H16FNO2. The summed E-state index contributed by atoms with van der Waals surface area (Å²) >= 11 is 0. The summed E-state index contributed by atoms with van der Waals surface area (Å²) in [6.45, 7) is 1.63. The van der Waals surface area contributed by atoms with E-state index < -0.39 is 6.10 Å². The van der Waals surface area contributed by atoms with Crippen LogP contribution in [0.3, 0.4) is 0 Å². The van der Waals surface area contributed by atoms with Crippen LogP contribution in [0.4, 0.5) is 10.1 Å². The maximum atomic E-state index is 13.1. The molecule has 1 aliphatic heterocycles. The van der Waals surface area contributed by atoms with Crippen molar-refractivity contribution >= 4 is 5.69 Å². The zero-order valence-corrected chi connectivity index (χ0v) is 9.32. The van der Waals surface area contributed by atoms with E-state index in [1.807, 2.05) is 11.0 Å². The molecule has 1 N–H and O–H groups in total. The minimum Gasteiger partial charge on any atom is -0.389 e. The van der Waals surface area contributed by atoms with Crippen LogP contribution in [0.1, 0.15) is 5.56 Å². The van der Waals surface area contributed by atoms with Crippen LogP contribution < -0.4 is 4.90 Å². The number of halogens is 1. The van der Waals surface area contributed by atoms with Crippen molar-refractivity contribution in [2.75, 3.05) is 31.7 Å². The van der Waals surface area contributed by atoms with Gasteiger partial charge in [0, 0.05) is 25.9 Å². The first-order valence-corrected chi connectivity index (χ1v) is 5.41. The number of hydrogen-bond acceptors (Lipinski definition) is 3. The van der Waals surface area contributed by atoms with E-state index in [0.717, 1.165) is 24.2 Å². The highest BCUT2D eigenvalue weighted by Gasteiger charge is 2.21. The van der Waals surface area contributed by atoms with Crippen molar-refractivity contribution in [2.24, 2.45) is 0 Å². The molecule has 1 aliphatic rings. The first-order valence-electron chi connectivity index (χ1n) is 5.41. The Morgan fingerprint density at radius 2 is 2.38 bits per heavy atom. The van der Waals surface area contributed by atoms with Crippen LogP contribution in [0.25, 0.3) is 0 Å². The summed E-state index contributed by atoms with van der Waals surface area (Å²) in [4.78, 5) is 2.00. The number of β-amino-alcohol motifs (C(OH)–C–C–N with tert-alkyl or cyclic N) is 1. The van der Waals surface area contributed by atoms with Crippen molar-refractivity contribution < 1.29 is 14.2 Å². The fourth-order valence-corrected chi connectivity index (χ4v) is 2.11. The van der Waals surface area contributed by atoms with Gasteiger partial charge < -0.3 is 14.7 Å². The van der Waals surface area contributed by atoms with Crippen molar-refractivity contribution in [1.29, 1.82) is 0 Å². The van der Waals surface area contributed by atoms with Gasteiger partial charge >= 0.3 is 0 Å². The van der Waals surface area contributed by atoms with E-state index in [1.165, 1.54) is 12.1 Å². The highest BCUT2D eigenvalue weighted by molar-refractivity contribution is 5.58. The molecule has 0 spiro atoms. The number of methoxy groups -OCH3 is 1. The maximum absolute atomic E-state index is 13.1. The Morgan fingerprint density at radius 1 is 1.56 bits per heavy atom. The molecule has 1 unspecified atom stereocenters. The van der Waals surface area contributed by atoms with Gasteiger partial charge in [0.25, 0.3) is 0 Å². The molecule has 0 amide bonds. The van der Waals surface area contributed by atoms with Crippen LogP contribution >= 0.6 is 0 Å². The Kier molecular flexibility index (Phi) is 3.41. The lowest BCUT2D eigenvalue weighted by molar-refractivity contribution is 0.0691. The van der Waals surface area contributed by atoms with Crippen LogP contribution in [-0.4, -0.2) is 38.0 Å². The first kappa shape index (κ1) is 11.4. The second kappa shape index (κ2) is 4.80. The summed E-state index contributed by atoms with van der Waals surface area (Å²) in [5, 5.41) is 9.64. The lowest BCUT2D eigenvalue weighted by atomic mass is 10.2. The number of aliphatic hydroxyl groups is 1. The number of fused-ring (bicyclic) bond motifs is 1. The Balaban J connectivity index is 2.08. The summed E-state index contributed by atoms with van der Waals surface area (Å²) in [6, 6.07) is 4.82. The molecule has 0 aromatic heterocycles. The quantitative estimate of drug-likeness (QED) is 0.835. The second-order valence-corrected chi connectivity index (χ2v) is 4.08. The van der Waals surface area contributed by atoms with Crippen LogP contribution in [0.15, 0.2) is 18.2 Å². The largest absolute Gasteiger partial charge is 0.389 e. The number of aliphatic hydroxyl groups excluding tert-OH is 1. The molecule has 0 saturated carbocycles. The lowest BCUT2D eigenvalue weighted by Gasteiger charge is -2.22. The molecule has 0 bridgehead atoms. The van der Waals surface area contributed by atoms with E-state index in [-0.39, 0.29) is 5.82 Å². The third-order valence-corrected chi connectivity index (χ3v) is 2.83. The number of anilines is 1. The molecule has 0 saturated heterocycles. The number of benzene rings is 1. The van der Waals surface area contributed by atoms with Gasteiger partial charge in [-0.1, -0.05) is 6.07 Å². The fourth-order valence-electron chi connectivity index (χ4n) is 2.11. The van der Waals surface area contributed by atoms with Crippen LogP contribution in [0.5, 0.6) is 0 Å². The zero-order chi connectivity index (χ0) is 11.5. The lowest BCUT2D eigenvalue weighted by Crippen LogP contribution is -2.33. The summed E-state index contributed by atoms with van der Waals surface area (Å²) < 4.78 is 18.0. The molecule has 1 atom stereocenters. The van der Waals surface area contributed by atoms with Gasteiger partial charge in [-0.25, -0.2) is 4.39 Å². The number of ether oxygens (including phenoxy) is 1. The topological polar surface area (TPSA) is 32.7 Å². The van der Waals surface area contributed by atoms with Gasteiger partial charge in [-0.05, 0) is 24.1 Å². The fraction of sp³-hybridized carbons (Fsp3) is 0.500. The smallest absolute Gasteiger partial charge is 0.125 e. The van der Waals surface area contributed by atoms with Crippen LogP contribution in [-0.2, 0) is 11.2 Å². The minimum atomic E-state index is -0.529. The number of rotatable bonds is 4. The Hall–Kier alpha value is -1.13. The zero-order valence-electron chi connectivity index (χ0n) is 9.32. The molecule has 2 rings (SSSR count). The van der Waals surface area contributed by atoms with E-state index >= 15 is 0 Å². The van der Waals surface area contributed by atoms with Crippen molar-refractivity contribution in [3.8, 4) is 0 Å². The Bertz CT molecular complexity index is 370. The summed E-state index contributed by atoms with van der Waals surface area (Å²) in [5.74, 6) is -0.230. The number of nitrogens with zero attached hydrogens (tertiary/aromatic N) is 1. The minimum absolute atomic E-state index is 0.230. The van der Waals surface area contributed by atoms with E-state index in [1.54, 1.807) is 7.11 Å². The van der Waals surface area contributed by atoms with Gasteiger partial charge in [-0.2, -0.15) is 0 Å². The summed E-state index contributed by atoms with van der Waals surface area (Å²) in [7, 11) is 1.56. The molecule has 3 nitrogen and oxygen atoms in total. The average Bonchev–Trinajstić information content (AvgIpc) is 2.61. The molecule has 1 heterocycles. The molecule has 16 heavy (non-hydrogen) atoms. The van der Waals surface area contributed by atoms with Crippen molar-refractivity contribution in [3.05, 3.63) is 29.6 Å². The monoisotopic (exact) mass is 225 g/mol. The van der Waals surface area contributed by atoms with Gasteiger partial charge in [0.15, 0.2) is 0 Å². The van der Waals surface area contributed by atoms with Gasteiger partial charge in [0.2, 0.25) is 0 Å². The van der Waals surface area contributed by atoms with Gasteiger partial charge in [-0.3, -0.25) is 0 Å². The van der Waals surface area contributed by atoms with Gasteiger partial charge in [0.1, 0.15) is 5.82 Å². The predicted molar refractivity (Wildman–Crippen MR) is 60.2 cm³/mol. The van der Waals surface area contributed by atoms with Crippen molar-refractivity contribution in [3.63, 3.8) is 0 Å². The van der Waals surface area contributed by atoms with Gasteiger partial charge in [-0.15, -0.1) is 0 Å². The molecule has 88 valence electrons. The molecule has 0 fully saturated rings. The SMILES string of the molecule is COCC(O)CN1CCc2ccc(F)cc21. The van der Waals surface area contributed by atoms with E-state index in [4.69, 9.17) is 4.74 Å². The Morgan fingerprint density at radius 3 is 3.12 bits per heavy atom. The highest BCUT2D eigenvalue weighted by atomic mass is 19.1. The molecule has 0 aliphatic carbocycles. The third kappa shape index (κ3) is 2.33. The summed E-state index contributed by atoms with van der Waals surface area (Å²) in [5.41, 5.74) is 2.04. The van der Waals surface area contributed by atoms with Crippen LogP contribution in [0.2, 0.25) is 0 Å². The maximum Gasteiger partial charge on any atom is 0.125 e. The highest BCUT2D eigenvalue weighted by Crippen LogP contribution is 2.28. The summed E-state index contributed by atoms with van der Waals surface area (Å²) in [6.07, 6.45) is 0.384. The molecule has 1 aromatic carbocycles. The van der Waals surface area contributed by atoms with Crippen molar-refractivity contribution in [2.45, 2.75) is 12.5 Å². The normalized spacial score (nSPS) is 16.3. The molecule has 0 radical (unpaired) electrons. The third-order valence-electron chi connectivity index (χ3n) is 2.83. The first-order chi connectivity index (χ1) is 7.70. The van der Waals surface area contributed by atoms with E-state index in [2.05, 4.69) is 0 Å². The van der Waals surface area contributed by atoms with Crippen molar-refractivity contribution in [1.82, 2.24) is 0 Å². The standard InChI is InChI=1S/C12H16FNO2/c1-16-8-11(15)7-14-5-4-9-2-3-10(13)6-12(9)14/h2-3,6,11,15H,4-5,7-8H2,1H3. The van der Waals surface area contributed by atoms with Crippen LogP contribution in [0, 0.1) is 5.82 Å². The average molecular weight is 225 g/mol. The second-order valence-electron chi connectivity index (χ2n) is 4.08. The molecular weight excluding hydrogens is 209 g/mol. The van der Waals surface area contributed by atoms with E-state index in [0.29, 0.717) is 13.2 Å².